The second kappa shape index (κ2) is 4.92. The van der Waals surface area contributed by atoms with E-state index in [9.17, 15) is 4.79 Å². The first kappa shape index (κ1) is 8.97. The first-order valence-electron chi connectivity index (χ1n) is 7.76. The maximum absolute atomic E-state index is 11.9. The molecular formula is C14H18BrNO2. The van der Waals surface area contributed by atoms with Crippen molar-refractivity contribution < 1.29 is 15.0 Å². The zero-order chi connectivity index (χ0) is 16.8. The molecule has 1 fully saturated rings. The summed E-state index contributed by atoms with van der Waals surface area (Å²) in [6.45, 7) is 6.10. The van der Waals surface area contributed by atoms with Gasteiger partial charge < -0.3 is 9.64 Å². The highest BCUT2D eigenvalue weighted by atomic mass is 79.9. The number of amides is 1. The first-order chi connectivity index (χ1) is 10.0. The van der Waals surface area contributed by atoms with Gasteiger partial charge in [0.1, 0.15) is 5.60 Å². The Morgan fingerprint density at radius 1 is 1.50 bits per heavy atom. The van der Waals surface area contributed by atoms with Crippen molar-refractivity contribution in [3.63, 3.8) is 0 Å². The number of hydrogen-bond acceptors (Lipinski definition) is 2. The molecule has 0 spiro atoms. The Morgan fingerprint density at radius 3 is 2.78 bits per heavy atom. The van der Waals surface area contributed by atoms with E-state index >= 15 is 0 Å². The maximum Gasteiger partial charge on any atom is 0.410 e. The molecule has 3 nitrogen and oxygen atoms in total. The molecule has 4 heteroatoms. The van der Waals surface area contributed by atoms with Gasteiger partial charge in [0.2, 0.25) is 0 Å². The van der Waals surface area contributed by atoms with Crippen LogP contribution in [0.15, 0.2) is 28.6 Å². The zero-order valence-corrected chi connectivity index (χ0v) is 12.2. The molecule has 18 heavy (non-hydrogen) atoms. The van der Waals surface area contributed by atoms with Crippen LogP contribution in [0, 0.1) is 0 Å². The maximum atomic E-state index is 11.9. The highest BCUT2D eigenvalue weighted by Crippen LogP contribution is 2.29. The molecule has 1 aromatic rings. The Bertz CT molecular complexity index is 595. The standard InChI is InChI=1S/C14H18BrNO2/c1-14(2,3)18-13(17)16-8-11(9-16)10-5-4-6-12(15)7-10/h4-7,11H,8-9H2,1-3H3/i4D,5D,6D,7D. The summed E-state index contributed by atoms with van der Waals surface area (Å²) in [5, 5.41) is 0. The summed E-state index contributed by atoms with van der Waals surface area (Å²) >= 11 is 3.14. The number of likely N-dealkylation sites (tertiary alicyclic amines) is 1. The van der Waals surface area contributed by atoms with Crippen LogP contribution in [-0.4, -0.2) is 29.7 Å². The van der Waals surface area contributed by atoms with Gasteiger partial charge in [-0.2, -0.15) is 0 Å². The summed E-state index contributed by atoms with van der Waals surface area (Å²) in [4.78, 5) is 13.4. The summed E-state index contributed by atoms with van der Waals surface area (Å²) in [7, 11) is 0. The average Bonchev–Trinajstić information content (AvgIpc) is 2.34. The lowest BCUT2D eigenvalue weighted by molar-refractivity contribution is 0.00819. The summed E-state index contributed by atoms with van der Waals surface area (Å²) in [6, 6.07) is -0.400. The van der Waals surface area contributed by atoms with Gasteiger partial charge in [0.05, 0.1) is 5.48 Å². The number of carbonyl (C=O) groups excluding carboxylic acids is 1. The number of carbonyl (C=O) groups is 1. The van der Waals surface area contributed by atoms with Crippen molar-refractivity contribution in [2.45, 2.75) is 32.3 Å². The second-order valence-electron chi connectivity index (χ2n) is 5.31. The van der Waals surface area contributed by atoms with E-state index in [-0.39, 0.29) is 34.6 Å². The van der Waals surface area contributed by atoms with E-state index in [0.29, 0.717) is 18.7 Å². The van der Waals surface area contributed by atoms with E-state index in [1.165, 1.54) is 4.90 Å². The Balaban J connectivity index is 2.16. The highest BCUT2D eigenvalue weighted by molar-refractivity contribution is 9.10. The molecular weight excluding hydrogens is 294 g/mol. The molecule has 0 bridgehead atoms. The Hall–Kier alpha value is -1.03. The van der Waals surface area contributed by atoms with Crippen LogP contribution in [0.1, 0.15) is 37.7 Å². The van der Waals surface area contributed by atoms with Crippen LogP contribution >= 0.6 is 15.9 Å². The molecule has 1 aliphatic heterocycles. The molecule has 1 amide bonds. The van der Waals surface area contributed by atoms with E-state index in [1.807, 2.05) is 0 Å². The molecule has 0 radical (unpaired) electrons. The number of benzene rings is 1. The first-order valence-corrected chi connectivity index (χ1v) is 6.56. The normalized spacial score (nSPS) is 19.4. The molecule has 1 heterocycles. The predicted molar refractivity (Wildman–Crippen MR) is 74.7 cm³/mol. The van der Waals surface area contributed by atoms with Crippen LogP contribution < -0.4 is 0 Å². The monoisotopic (exact) mass is 315 g/mol. The van der Waals surface area contributed by atoms with Gasteiger partial charge in [-0.15, -0.1) is 0 Å². The van der Waals surface area contributed by atoms with Crippen molar-refractivity contribution in [2.75, 3.05) is 13.1 Å². The van der Waals surface area contributed by atoms with E-state index in [4.69, 9.17) is 10.2 Å². The van der Waals surface area contributed by atoms with Crippen molar-refractivity contribution >= 4 is 22.0 Å². The van der Waals surface area contributed by atoms with Crippen LogP contribution in [0.5, 0.6) is 0 Å². The van der Waals surface area contributed by atoms with Gasteiger partial charge in [0.25, 0.3) is 0 Å². The van der Waals surface area contributed by atoms with Crippen molar-refractivity contribution in [1.82, 2.24) is 4.90 Å². The number of ether oxygens (including phenoxy) is 1. The Morgan fingerprint density at radius 2 is 2.17 bits per heavy atom. The topological polar surface area (TPSA) is 29.5 Å². The lowest BCUT2D eigenvalue weighted by Gasteiger charge is -2.40. The van der Waals surface area contributed by atoms with Crippen LogP contribution in [0.25, 0.3) is 0 Å². The quantitative estimate of drug-likeness (QED) is 0.789. The van der Waals surface area contributed by atoms with E-state index < -0.39 is 11.7 Å². The fourth-order valence-electron chi connectivity index (χ4n) is 1.68. The third-order valence-corrected chi connectivity index (χ3v) is 2.95. The minimum absolute atomic E-state index is 0.0554. The van der Waals surface area contributed by atoms with Crippen molar-refractivity contribution in [3.05, 3.63) is 34.2 Å². The van der Waals surface area contributed by atoms with E-state index in [0.717, 1.165) is 0 Å². The van der Waals surface area contributed by atoms with Gasteiger partial charge in [0, 0.05) is 23.5 Å². The number of rotatable bonds is 1. The van der Waals surface area contributed by atoms with Crippen molar-refractivity contribution in [2.24, 2.45) is 0 Å². The smallest absolute Gasteiger partial charge is 0.410 e. The minimum atomic E-state index is -0.562. The van der Waals surface area contributed by atoms with Gasteiger partial charge in [-0.3, -0.25) is 0 Å². The van der Waals surface area contributed by atoms with Gasteiger partial charge in [0.15, 0.2) is 0 Å². The third-order valence-electron chi connectivity index (χ3n) is 2.56. The summed E-state index contributed by atoms with van der Waals surface area (Å²) in [6.07, 6.45) is -0.413. The number of nitrogens with zero attached hydrogens (tertiary/aromatic N) is 1. The second-order valence-corrected chi connectivity index (χ2v) is 6.10. The molecule has 1 aliphatic rings. The van der Waals surface area contributed by atoms with E-state index in [2.05, 4.69) is 15.9 Å². The molecule has 0 aromatic heterocycles. The molecule has 1 aromatic carbocycles. The molecule has 0 atom stereocenters. The fraction of sp³-hybridized carbons (Fsp3) is 0.500. The predicted octanol–water partition coefficient (Wildman–Crippen LogP) is 3.78. The van der Waals surface area contributed by atoms with Crippen molar-refractivity contribution in [1.29, 1.82) is 0 Å². The van der Waals surface area contributed by atoms with Crippen molar-refractivity contribution in [3.8, 4) is 0 Å². The molecule has 0 saturated carbocycles. The Kier molecular flexibility index (Phi) is 2.45. The van der Waals surface area contributed by atoms with Gasteiger partial charge in [-0.25, -0.2) is 4.79 Å². The third kappa shape index (κ3) is 3.25. The van der Waals surface area contributed by atoms with Crippen LogP contribution in [0.2, 0.25) is 0 Å². The van der Waals surface area contributed by atoms with Gasteiger partial charge in [-0.05, 0) is 38.4 Å². The lowest BCUT2D eigenvalue weighted by Crippen LogP contribution is -2.50. The molecule has 0 unspecified atom stereocenters. The summed E-state index contributed by atoms with van der Waals surface area (Å²) in [5.74, 6) is -0.173. The lowest BCUT2D eigenvalue weighted by atomic mass is 9.92. The summed E-state index contributed by atoms with van der Waals surface area (Å²) < 4.78 is 37.0. The van der Waals surface area contributed by atoms with Gasteiger partial charge in [-0.1, -0.05) is 28.0 Å². The Labute approximate surface area is 122 Å². The van der Waals surface area contributed by atoms with Crippen LogP contribution in [0.3, 0.4) is 0 Å². The largest absolute Gasteiger partial charge is 0.444 e. The van der Waals surface area contributed by atoms with Crippen LogP contribution in [-0.2, 0) is 4.74 Å². The number of halogens is 1. The molecule has 0 aliphatic carbocycles. The molecule has 2 rings (SSSR count). The number of hydrogen-bond donors (Lipinski definition) is 0. The van der Waals surface area contributed by atoms with Gasteiger partial charge >= 0.3 is 6.09 Å². The zero-order valence-electron chi connectivity index (χ0n) is 14.6. The molecule has 1 saturated heterocycles. The molecule has 98 valence electrons. The SMILES string of the molecule is [2H]c1c([2H])c(Br)c([2H])c(C2CN(C(=O)OC(C)(C)C)C2)c1[2H]. The average molecular weight is 316 g/mol. The highest BCUT2D eigenvalue weighted by Gasteiger charge is 2.34. The van der Waals surface area contributed by atoms with E-state index in [1.54, 1.807) is 20.8 Å². The minimum Gasteiger partial charge on any atom is -0.444 e. The fourth-order valence-corrected chi connectivity index (χ4v) is 1.99. The molecule has 0 N–H and O–H groups in total. The van der Waals surface area contributed by atoms with Crippen LogP contribution in [0.4, 0.5) is 4.79 Å². The summed E-state index contributed by atoms with van der Waals surface area (Å²) in [5.41, 5.74) is -0.152.